The Morgan fingerprint density at radius 1 is 1.03 bits per heavy atom. The lowest BCUT2D eigenvalue weighted by molar-refractivity contribution is 0.702. The van der Waals surface area contributed by atoms with Crippen molar-refractivity contribution in [3.05, 3.63) is 86.8 Å². The maximum Gasteiger partial charge on any atom is 0.332 e. The summed E-state index contributed by atoms with van der Waals surface area (Å²) in [6.45, 7) is 2.26. The number of hydrogen-bond donors (Lipinski definition) is 1. The van der Waals surface area contributed by atoms with Crippen molar-refractivity contribution in [2.45, 2.75) is 13.5 Å². The molecule has 3 heterocycles. The van der Waals surface area contributed by atoms with Crippen LogP contribution in [-0.2, 0) is 20.6 Å². The number of hydrazone groups is 1. The van der Waals surface area contributed by atoms with Crippen LogP contribution in [0.15, 0.2) is 69.5 Å². The maximum absolute atomic E-state index is 12.9. The van der Waals surface area contributed by atoms with E-state index in [1.807, 2.05) is 49.4 Å². The monoisotopic (exact) mass is 403 g/mol. The second-order valence-corrected chi connectivity index (χ2v) is 6.93. The second kappa shape index (κ2) is 7.78. The number of aromatic nitrogens is 5. The van der Waals surface area contributed by atoms with Crippen molar-refractivity contribution in [2.75, 3.05) is 5.43 Å². The Labute approximate surface area is 172 Å². The number of benzene rings is 1. The van der Waals surface area contributed by atoms with Crippen molar-refractivity contribution < 1.29 is 0 Å². The highest BCUT2D eigenvalue weighted by Crippen LogP contribution is 2.18. The van der Waals surface area contributed by atoms with E-state index in [2.05, 4.69) is 20.5 Å². The molecule has 0 saturated carbocycles. The number of anilines is 1. The summed E-state index contributed by atoms with van der Waals surface area (Å²) in [5.74, 6) is 0.376. The highest BCUT2D eigenvalue weighted by molar-refractivity contribution is 5.98. The summed E-state index contributed by atoms with van der Waals surface area (Å²) >= 11 is 0. The Hall–Kier alpha value is -4.01. The maximum atomic E-state index is 12.9. The van der Waals surface area contributed by atoms with Crippen molar-refractivity contribution >= 4 is 22.8 Å². The molecule has 0 amide bonds. The quantitative estimate of drug-likeness (QED) is 0.404. The van der Waals surface area contributed by atoms with Crippen LogP contribution in [-0.4, -0.2) is 29.4 Å². The number of nitrogens with one attached hydrogen (secondary N) is 1. The van der Waals surface area contributed by atoms with Gasteiger partial charge in [0, 0.05) is 32.1 Å². The fourth-order valence-corrected chi connectivity index (χ4v) is 3.24. The molecule has 4 aromatic rings. The van der Waals surface area contributed by atoms with E-state index < -0.39 is 11.2 Å². The molecule has 0 radical (unpaired) electrons. The molecule has 0 aliphatic heterocycles. The van der Waals surface area contributed by atoms with Crippen molar-refractivity contribution in [3.63, 3.8) is 0 Å². The molecule has 0 spiro atoms. The van der Waals surface area contributed by atoms with Gasteiger partial charge in [-0.3, -0.25) is 23.5 Å². The number of nitrogens with zero attached hydrogens (tertiary/aromatic N) is 6. The number of pyridine rings is 1. The Morgan fingerprint density at radius 3 is 2.43 bits per heavy atom. The smallest absolute Gasteiger partial charge is 0.298 e. The Kier molecular flexibility index (Phi) is 5.01. The first kappa shape index (κ1) is 19.3. The van der Waals surface area contributed by atoms with E-state index >= 15 is 0 Å². The fraction of sp³-hybridized carbons (Fsp3) is 0.190. The van der Waals surface area contributed by atoms with E-state index in [0.717, 1.165) is 21.4 Å². The summed E-state index contributed by atoms with van der Waals surface area (Å²) in [7, 11) is 3.06. The summed E-state index contributed by atoms with van der Waals surface area (Å²) in [6, 6.07) is 13.4. The van der Waals surface area contributed by atoms with E-state index in [1.165, 1.54) is 11.6 Å². The first-order chi connectivity index (χ1) is 14.5. The van der Waals surface area contributed by atoms with Gasteiger partial charge in [-0.2, -0.15) is 10.1 Å². The van der Waals surface area contributed by atoms with Gasteiger partial charge in [-0.05, 0) is 24.6 Å². The summed E-state index contributed by atoms with van der Waals surface area (Å²) in [5.41, 5.74) is 5.41. The molecule has 1 aromatic carbocycles. The third kappa shape index (κ3) is 3.41. The largest absolute Gasteiger partial charge is 0.332 e. The molecule has 0 unspecified atom stereocenters. The molecule has 1 N–H and O–H groups in total. The highest BCUT2D eigenvalue weighted by Gasteiger charge is 2.19. The van der Waals surface area contributed by atoms with E-state index in [1.54, 1.807) is 24.0 Å². The van der Waals surface area contributed by atoms with Crippen LogP contribution in [0.1, 0.15) is 18.1 Å². The second-order valence-electron chi connectivity index (χ2n) is 6.93. The third-order valence-corrected chi connectivity index (χ3v) is 4.95. The van der Waals surface area contributed by atoms with Gasteiger partial charge in [-0.25, -0.2) is 10.2 Å². The van der Waals surface area contributed by atoms with Gasteiger partial charge in [-0.15, -0.1) is 0 Å². The number of fused-ring (bicyclic) bond motifs is 1. The fourth-order valence-electron chi connectivity index (χ4n) is 3.24. The summed E-state index contributed by atoms with van der Waals surface area (Å²) in [6.07, 6.45) is 3.39. The van der Waals surface area contributed by atoms with Gasteiger partial charge in [0.25, 0.3) is 5.56 Å². The molecule has 0 atom stereocenters. The standard InChI is InChI=1S/C21H21N7O2/c1-14(16-9-11-22-12-10-16)24-25-20-23-18-17(19(29)27(3)21(30)26(18)2)28(20)13-15-7-5-4-6-8-15/h4-12H,13H2,1-3H3,(H,23,25)/b24-14-. The van der Waals surface area contributed by atoms with Crippen molar-refractivity contribution in [1.29, 1.82) is 0 Å². The molecule has 0 aliphatic carbocycles. The lowest BCUT2D eigenvalue weighted by Crippen LogP contribution is -2.37. The van der Waals surface area contributed by atoms with Gasteiger partial charge in [-0.1, -0.05) is 30.3 Å². The highest BCUT2D eigenvalue weighted by atomic mass is 16.2. The van der Waals surface area contributed by atoms with E-state index in [0.29, 0.717) is 23.7 Å². The third-order valence-electron chi connectivity index (χ3n) is 4.95. The predicted molar refractivity (Wildman–Crippen MR) is 116 cm³/mol. The van der Waals surface area contributed by atoms with Gasteiger partial charge in [0.05, 0.1) is 12.3 Å². The molecule has 4 rings (SSSR count). The van der Waals surface area contributed by atoms with Crippen LogP contribution in [0.25, 0.3) is 11.2 Å². The van der Waals surface area contributed by atoms with Gasteiger partial charge in [0.15, 0.2) is 11.2 Å². The molecule has 0 fully saturated rings. The van der Waals surface area contributed by atoms with Crippen molar-refractivity contribution in [3.8, 4) is 0 Å². The zero-order valence-corrected chi connectivity index (χ0v) is 16.9. The molecule has 0 bridgehead atoms. The number of aryl methyl sites for hydroxylation is 1. The van der Waals surface area contributed by atoms with E-state index in [-0.39, 0.29) is 0 Å². The topological polar surface area (TPSA) is 99.1 Å². The molecular formula is C21H21N7O2. The Balaban J connectivity index is 1.87. The average molecular weight is 403 g/mol. The molecule has 152 valence electrons. The summed E-state index contributed by atoms with van der Waals surface area (Å²) in [4.78, 5) is 33.8. The van der Waals surface area contributed by atoms with Crippen LogP contribution in [0.5, 0.6) is 0 Å². The van der Waals surface area contributed by atoms with Crippen LogP contribution < -0.4 is 16.7 Å². The van der Waals surface area contributed by atoms with Crippen LogP contribution >= 0.6 is 0 Å². The number of hydrogen-bond acceptors (Lipinski definition) is 6. The summed E-state index contributed by atoms with van der Waals surface area (Å²) < 4.78 is 4.19. The SMILES string of the molecule is C/C(=N/Nc1nc2c(c(=O)n(C)c(=O)n2C)n1Cc1ccccc1)c1ccncc1. The molecule has 0 saturated heterocycles. The van der Waals surface area contributed by atoms with Crippen LogP contribution in [0, 0.1) is 0 Å². The first-order valence-electron chi connectivity index (χ1n) is 9.38. The zero-order chi connectivity index (χ0) is 21.3. The Bertz CT molecular complexity index is 1350. The van der Waals surface area contributed by atoms with E-state index in [9.17, 15) is 9.59 Å². The Morgan fingerprint density at radius 2 is 1.73 bits per heavy atom. The van der Waals surface area contributed by atoms with E-state index in [4.69, 9.17) is 0 Å². The molecule has 30 heavy (non-hydrogen) atoms. The lowest BCUT2D eigenvalue weighted by atomic mass is 10.2. The van der Waals surface area contributed by atoms with Gasteiger partial charge in [0.2, 0.25) is 5.95 Å². The van der Waals surface area contributed by atoms with Crippen LogP contribution in [0.3, 0.4) is 0 Å². The molecule has 0 aliphatic rings. The zero-order valence-electron chi connectivity index (χ0n) is 16.9. The van der Waals surface area contributed by atoms with Crippen LogP contribution in [0.2, 0.25) is 0 Å². The van der Waals surface area contributed by atoms with Crippen molar-refractivity contribution in [1.82, 2.24) is 23.7 Å². The number of rotatable bonds is 5. The average Bonchev–Trinajstić information content (AvgIpc) is 3.14. The molecular weight excluding hydrogens is 382 g/mol. The normalized spacial score (nSPS) is 11.8. The van der Waals surface area contributed by atoms with Crippen molar-refractivity contribution in [2.24, 2.45) is 19.2 Å². The first-order valence-corrected chi connectivity index (χ1v) is 9.38. The lowest BCUT2D eigenvalue weighted by Gasteiger charge is -2.10. The minimum absolute atomic E-state index is 0.304. The van der Waals surface area contributed by atoms with Gasteiger partial charge < -0.3 is 0 Å². The summed E-state index contributed by atoms with van der Waals surface area (Å²) in [5, 5.41) is 4.43. The molecule has 3 aromatic heterocycles. The minimum Gasteiger partial charge on any atom is -0.298 e. The predicted octanol–water partition coefficient (Wildman–Crippen LogP) is 1.71. The molecule has 9 heteroatoms. The van der Waals surface area contributed by atoms with Gasteiger partial charge >= 0.3 is 5.69 Å². The molecule has 9 nitrogen and oxygen atoms in total. The van der Waals surface area contributed by atoms with Crippen LogP contribution in [0.4, 0.5) is 5.95 Å². The number of imidazole rings is 1. The van der Waals surface area contributed by atoms with Gasteiger partial charge in [0.1, 0.15) is 0 Å². The minimum atomic E-state index is -0.431.